The summed E-state index contributed by atoms with van der Waals surface area (Å²) in [5, 5.41) is 4.73. The van der Waals surface area contributed by atoms with Gasteiger partial charge in [0.25, 0.3) is 0 Å². The van der Waals surface area contributed by atoms with E-state index in [0.29, 0.717) is 6.04 Å². The van der Waals surface area contributed by atoms with Crippen molar-refractivity contribution in [3.8, 4) is 0 Å². The van der Waals surface area contributed by atoms with E-state index in [2.05, 4.69) is 54.3 Å². The fourth-order valence-electron chi connectivity index (χ4n) is 1.99. The zero-order chi connectivity index (χ0) is 11.4. The predicted molar refractivity (Wildman–Crippen MR) is 69.7 cm³/mol. The Labute approximate surface area is 96.4 Å². The normalized spacial score (nSPS) is 12.8. The van der Waals surface area contributed by atoms with Crippen LogP contribution in [0.15, 0.2) is 43.1 Å². The van der Waals surface area contributed by atoms with Gasteiger partial charge in [0, 0.05) is 29.7 Å². The molecule has 1 aromatic carbocycles. The summed E-state index contributed by atoms with van der Waals surface area (Å²) in [6.07, 6.45) is 5.04. The van der Waals surface area contributed by atoms with Crippen LogP contribution in [0, 0.1) is 0 Å². The number of hydrogen-bond acceptors (Lipinski definition) is 1. The SMILES string of the molecule is C=CCN[C@H](C)Cc1c[nH]c2ccccc12. The highest BCUT2D eigenvalue weighted by Gasteiger charge is 2.06. The molecule has 0 saturated heterocycles. The van der Waals surface area contributed by atoms with Gasteiger partial charge >= 0.3 is 0 Å². The number of fused-ring (bicyclic) bond motifs is 1. The van der Waals surface area contributed by atoms with Crippen molar-refractivity contribution >= 4 is 10.9 Å². The molecule has 2 rings (SSSR count). The molecule has 0 unspecified atom stereocenters. The third-order valence-corrected chi connectivity index (χ3v) is 2.81. The van der Waals surface area contributed by atoms with Crippen molar-refractivity contribution in [2.75, 3.05) is 6.54 Å². The molecule has 2 nitrogen and oxygen atoms in total. The number of nitrogens with one attached hydrogen (secondary N) is 2. The Kier molecular flexibility index (Phi) is 3.42. The molecule has 2 aromatic rings. The van der Waals surface area contributed by atoms with Crippen molar-refractivity contribution in [2.45, 2.75) is 19.4 Å². The maximum Gasteiger partial charge on any atom is 0.0456 e. The number of benzene rings is 1. The van der Waals surface area contributed by atoms with Gasteiger partial charge in [-0.2, -0.15) is 0 Å². The molecule has 0 aliphatic rings. The Morgan fingerprint density at radius 1 is 1.44 bits per heavy atom. The van der Waals surface area contributed by atoms with Gasteiger partial charge in [0.2, 0.25) is 0 Å². The van der Waals surface area contributed by atoms with Gasteiger partial charge in [-0.05, 0) is 25.0 Å². The Morgan fingerprint density at radius 2 is 2.25 bits per heavy atom. The van der Waals surface area contributed by atoms with Gasteiger partial charge in [-0.3, -0.25) is 0 Å². The molecule has 84 valence electrons. The summed E-state index contributed by atoms with van der Waals surface area (Å²) >= 11 is 0. The fraction of sp³-hybridized carbons (Fsp3) is 0.286. The van der Waals surface area contributed by atoms with Crippen molar-refractivity contribution in [3.05, 3.63) is 48.7 Å². The number of aromatic nitrogens is 1. The second kappa shape index (κ2) is 4.99. The van der Waals surface area contributed by atoms with Crippen molar-refractivity contribution in [1.29, 1.82) is 0 Å². The maximum atomic E-state index is 3.71. The molecule has 0 saturated carbocycles. The van der Waals surface area contributed by atoms with Crippen LogP contribution >= 0.6 is 0 Å². The van der Waals surface area contributed by atoms with Gasteiger partial charge in [0.05, 0.1) is 0 Å². The second-order valence-electron chi connectivity index (χ2n) is 4.16. The first-order chi connectivity index (χ1) is 7.81. The number of H-pyrrole nitrogens is 1. The first-order valence-electron chi connectivity index (χ1n) is 5.70. The Bertz CT molecular complexity index is 470. The van der Waals surface area contributed by atoms with E-state index < -0.39 is 0 Å². The average Bonchev–Trinajstić information content (AvgIpc) is 2.70. The minimum absolute atomic E-state index is 0.470. The first-order valence-corrected chi connectivity index (χ1v) is 5.70. The highest BCUT2D eigenvalue weighted by molar-refractivity contribution is 5.83. The van der Waals surface area contributed by atoms with Gasteiger partial charge in [0.1, 0.15) is 0 Å². The quantitative estimate of drug-likeness (QED) is 0.736. The summed E-state index contributed by atoms with van der Waals surface area (Å²) in [5.74, 6) is 0. The molecule has 2 heteroatoms. The molecule has 2 N–H and O–H groups in total. The number of rotatable bonds is 5. The van der Waals surface area contributed by atoms with E-state index in [0.717, 1.165) is 13.0 Å². The minimum Gasteiger partial charge on any atom is -0.361 e. The summed E-state index contributed by atoms with van der Waals surface area (Å²) < 4.78 is 0. The predicted octanol–water partition coefficient (Wildman–Crippen LogP) is 2.87. The van der Waals surface area contributed by atoms with Crippen LogP contribution < -0.4 is 5.32 Å². The molecule has 0 bridgehead atoms. The average molecular weight is 214 g/mol. The second-order valence-corrected chi connectivity index (χ2v) is 4.16. The highest BCUT2D eigenvalue weighted by atomic mass is 14.9. The lowest BCUT2D eigenvalue weighted by Gasteiger charge is -2.11. The van der Waals surface area contributed by atoms with E-state index in [1.807, 2.05) is 6.08 Å². The van der Waals surface area contributed by atoms with Crippen molar-refractivity contribution in [1.82, 2.24) is 10.3 Å². The molecule has 0 radical (unpaired) electrons. The van der Waals surface area contributed by atoms with Crippen LogP contribution in [0.2, 0.25) is 0 Å². The Morgan fingerprint density at radius 3 is 3.06 bits per heavy atom. The fourth-order valence-corrected chi connectivity index (χ4v) is 1.99. The summed E-state index contributed by atoms with van der Waals surface area (Å²) in [6, 6.07) is 8.89. The van der Waals surface area contributed by atoms with Crippen LogP contribution in [0.3, 0.4) is 0 Å². The van der Waals surface area contributed by atoms with Crippen LogP contribution in [0.25, 0.3) is 10.9 Å². The highest BCUT2D eigenvalue weighted by Crippen LogP contribution is 2.18. The van der Waals surface area contributed by atoms with E-state index in [9.17, 15) is 0 Å². The Balaban J connectivity index is 2.12. The van der Waals surface area contributed by atoms with Gasteiger partial charge in [-0.1, -0.05) is 24.3 Å². The van der Waals surface area contributed by atoms with Crippen LogP contribution in [-0.4, -0.2) is 17.6 Å². The van der Waals surface area contributed by atoms with E-state index in [-0.39, 0.29) is 0 Å². The molecule has 1 atom stereocenters. The molecule has 1 aromatic heterocycles. The van der Waals surface area contributed by atoms with Gasteiger partial charge in [-0.25, -0.2) is 0 Å². The zero-order valence-corrected chi connectivity index (χ0v) is 9.66. The van der Waals surface area contributed by atoms with E-state index in [1.165, 1.54) is 16.5 Å². The summed E-state index contributed by atoms with van der Waals surface area (Å²) in [7, 11) is 0. The van der Waals surface area contributed by atoms with Crippen molar-refractivity contribution in [2.24, 2.45) is 0 Å². The lowest BCUT2D eigenvalue weighted by molar-refractivity contribution is 0.582. The van der Waals surface area contributed by atoms with E-state index in [1.54, 1.807) is 0 Å². The largest absolute Gasteiger partial charge is 0.361 e. The Hall–Kier alpha value is -1.54. The van der Waals surface area contributed by atoms with Gasteiger partial charge in [0.15, 0.2) is 0 Å². The van der Waals surface area contributed by atoms with Crippen molar-refractivity contribution < 1.29 is 0 Å². The topological polar surface area (TPSA) is 27.8 Å². The van der Waals surface area contributed by atoms with Crippen LogP contribution in [0.5, 0.6) is 0 Å². The van der Waals surface area contributed by atoms with Crippen molar-refractivity contribution in [3.63, 3.8) is 0 Å². The third-order valence-electron chi connectivity index (χ3n) is 2.81. The minimum atomic E-state index is 0.470. The molecular formula is C14H18N2. The lowest BCUT2D eigenvalue weighted by Crippen LogP contribution is -2.27. The van der Waals surface area contributed by atoms with E-state index in [4.69, 9.17) is 0 Å². The first kappa shape index (κ1) is 11.0. The number of aromatic amines is 1. The zero-order valence-electron chi connectivity index (χ0n) is 9.66. The monoisotopic (exact) mass is 214 g/mol. The van der Waals surface area contributed by atoms with Crippen LogP contribution in [-0.2, 0) is 6.42 Å². The summed E-state index contributed by atoms with van der Waals surface area (Å²) in [5.41, 5.74) is 2.59. The van der Waals surface area contributed by atoms with Crippen LogP contribution in [0.4, 0.5) is 0 Å². The maximum absolute atomic E-state index is 3.71. The molecule has 0 aliphatic carbocycles. The molecular weight excluding hydrogens is 196 g/mol. The van der Waals surface area contributed by atoms with Gasteiger partial charge < -0.3 is 10.3 Å². The third kappa shape index (κ3) is 2.34. The molecule has 0 spiro atoms. The number of para-hydroxylation sites is 1. The standard InChI is InChI=1S/C14H18N2/c1-3-8-15-11(2)9-12-10-16-14-7-5-4-6-13(12)14/h3-7,10-11,15-16H,1,8-9H2,2H3/t11-/m1/s1. The molecule has 1 heterocycles. The molecule has 0 amide bonds. The molecule has 16 heavy (non-hydrogen) atoms. The van der Waals surface area contributed by atoms with Gasteiger partial charge in [-0.15, -0.1) is 6.58 Å². The van der Waals surface area contributed by atoms with Crippen LogP contribution in [0.1, 0.15) is 12.5 Å². The van der Waals surface area contributed by atoms with E-state index >= 15 is 0 Å². The summed E-state index contributed by atoms with van der Waals surface area (Å²) in [6.45, 7) is 6.78. The lowest BCUT2D eigenvalue weighted by atomic mass is 10.1. The number of hydrogen-bond donors (Lipinski definition) is 2. The molecule has 0 fully saturated rings. The summed E-state index contributed by atoms with van der Waals surface area (Å²) in [4.78, 5) is 3.30. The molecule has 0 aliphatic heterocycles. The smallest absolute Gasteiger partial charge is 0.0456 e.